The van der Waals surface area contributed by atoms with E-state index in [0.29, 0.717) is 18.7 Å². The summed E-state index contributed by atoms with van der Waals surface area (Å²) in [5.41, 5.74) is 2.70. The van der Waals surface area contributed by atoms with Gasteiger partial charge in [-0.2, -0.15) is 0 Å². The average molecular weight is 412 g/mol. The monoisotopic (exact) mass is 411 g/mol. The highest BCUT2D eigenvalue weighted by molar-refractivity contribution is 7.18. The third-order valence-corrected chi connectivity index (χ3v) is 6.51. The molecular weight excluding hydrogens is 386 g/mol. The molecular formula is C22H25N3O3S. The molecule has 1 aliphatic carbocycles. The predicted octanol–water partition coefficient (Wildman–Crippen LogP) is 3.23. The summed E-state index contributed by atoms with van der Waals surface area (Å²) < 4.78 is 6.55. The molecule has 2 heterocycles. The van der Waals surface area contributed by atoms with Crippen molar-refractivity contribution in [3.05, 3.63) is 62.0 Å². The third kappa shape index (κ3) is 3.84. The van der Waals surface area contributed by atoms with E-state index in [1.807, 2.05) is 31.1 Å². The maximum Gasteiger partial charge on any atom is 0.337 e. The van der Waals surface area contributed by atoms with Crippen molar-refractivity contribution in [3.63, 3.8) is 0 Å². The van der Waals surface area contributed by atoms with E-state index in [1.165, 1.54) is 24.0 Å². The number of rotatable bonds is 5. The Balaban J connectivity index is 1.79. The first-order chi connectivity index (χ1) is 14.0. The number of fused-ring (bicyclic) bond motifs is 3. The molecule has 1 aromatic carbocycles. The number of hydrogen-bond donors (Lipinski definition) is 0. The maximum absolute atomic E-state index is 13.5. The van der Waals surface area contributed by atoms with Crippen LogP contribution >= 0.6 is 11.3 Å². The highest BCUT2D eigenvalue weighted by Gasteiger charge is 2.22. The Kier molecular flexibility index (Phi) is 5.52. The van der Waals surface area contributed by atoms with Crippen molar-refractivity contribution in [2.75, 3.05) is 21.2 Å². The first kappa shape index (κ1) is 19.8. The van der Waals surface area contributed by atoms with Crippen LogP contribution in [0.1, 0.15) is 45.0 Å². The summed E-state index contributed by atoms with van der Waals surface area (Å²) in [6.07, 6.45) is 4.33. The number of hydrogen-bond acceptors (Lipinski definition) is 6. The van der Waals surface area contributed by atoms with Crippen LogP contribution in [0.4, 0.5) is 0 Å². The second-order valence-corrected chi connectivity index (χ2v) is 8.82. The van der Waals surface area contributed by atoms with Gasteiger partial charge in [-0.3, -0.25) is 9.36 Å². The molecule has 1 aliphatic rings. The molecule has 0 spiro atoms. The average Bonchev–Trinajstić information content (AvgIpc) is 3.08. The van der Waals surface area contributed by atoms with Crippen LogP contribution in [0.15, 0.2) is 29.1 Å². The summed E-state index contributed by atoms with van der Waals surface area (Å²) in [5.74, 6) is 0.401. The molecule has 29 heavy (non-hydrogen) atoms. The van der Waals surface area contributed by atoms with Crippen molar-refractivity contribution in [2.45, 2.75) is 38.8 Å². The van der Waals surface area contributed by atoms with E-state index in [9.17, 15) is 9.59 Å². The third-order valence-electron chi connectivity index (χ3n) is 5.33. The standard InChI is InChI=1S/C22H25N3O3S/c1-24(2)13-18-23-20-19(16-6-4-5-7-17(16)29-20)21(26)25(18)12-14-8-10-15(11-9-14)22(27)28-3/h8-11H,4-7,12-13H2,1-3H3. The van der Waals surface area contributed by atoms with Gasteiger partial charge in [0.1, 0.15) is 10.7 Å². The summed E-state index contributed by atoms with van der Waals surface area (Å²) in [6.45, 7) is 1.02. The molecule has 2 aromatic heterocycles. The number of esters is 1. The normalized spacial score (nSPS) is 13.7. The lowest BCUT2D eigenvalue weighted by Crippen LogP contribution is -2.29. The van der Waals surface area contributed by atoms with Crippen molar-refractivity contribution in [2.24, 2.45) is 0 Å². The van der Waals surface area contributed by atoms with E-state index in [1.54, 1.807) is 28.0 Å². The lowest BCUT2D eigenvalue weighted by Gasteiger charge is -2.16. The number of carbonyl (C=O) groups is 1. The van der Waals surface area contributed by atoms with E-state index in [2.05, 4.69) is 0 Å². The van der Waals surface area contributed by atoms with Crippen LogP contribution in [0.2, 0.25) is 0 Å². The Labute approximate surface area is 173 Å². The van der Waals surface area contributed by atoms with Crippen LogP contribution in [-0.4, -0.2) is 41.6 Å². The van der Waals surface area contributed by atoms with Crippen LogP contribution in [0.5, 0.6) is 0 Å². The highest BCUT2D eigenvalue weighted by Crippen LogP contribution is 2.33. The summed E-state index contributed by atoms with van der Waals surface area (Å²) in [6, 6.07) is 7.20. The van der Waals surface area contributed by atoms with Gasteiger partial charge in [0, 0.05) is 4.88 Å². The Morgan fingerprint density at radius 3 is 2.62 bits per heavy atom. The van der Waals surface area contributed by atoms with Gasteiger partial charge in [-0.05, 0) is 63.0 Å². The van der Waals surface area contributed by atoms with Crippen LogP contribution in [0, 0.1) is 0 Å². The van der Waals surface area contributed by atoms with Gasteiger partial charge in [-0.25, -0.2) is 9.78 Å². The fourth-order valence-corrected chi connectivity index (χ4v) is 5.16. The van der Waals surface area contributed by atoms with Gasteiger partial charge in [-0.15, -0.1) is 11.3 Å². The second-order valence-electron chi connectivity index (χ2n) is 7.74. The Bertz CT molecular complexity index is 1110. The van der Waals surface area contributed by atoms with E-state index in [4.69, 9.17) is 9.72 Å². The smallest absolute Gasteiger partial charge is 0.337 e. The van der Waals surface area contributed by atoms with Crippen molar-refractivity contribution in [1.82, 2.24) is 14.5 Å². The van der Waals surface area contributed by atoms with Gasteiger partial charge in [0.15, 0.2) is 0 Å². The minimum Gasteiger partial charge on any atom is -0.465 e. The number of benzene rings is 1. The molecule has 0 saturated carbocycles. The Hall–Kier alpha value is -2.51. The zero-order valence-corrected chi connectivity index (χ0v) is 17.8. The number of thiophene rings is 1. The van der Waals surface area contributed by atoms with Gasteiger partial charge < -0.3 is 9.64 Å². The van der Waals surface area contributed by atoms with E-state index in [-0.39, 0.29) is 11.5 Å². The zero-order valence-electron chi connectivity index (χ0n) is 17.0. The topological polar surface area (TPSA) is 64.4 Å². The molecule has 0 saturated heterocycles. The van der Waals surface area contributed by atoms with Crippen molar-refractivity contribution in [1.29, 1.82) is 0 Å². The molecule has 0 unspecified atom stereocenters. The maximum atomic E-state index is 13.5. The quantitative estimate of drug-likeness (QED) is 0.603. The summed E-state index contributed by atoms with van der Waals surface area (Å²) in [5, 5.41) is 0.804. The SMILES string of the molecule is COC(=O)c1ccc(Cn2c(CN(C)C)nc3sc4c(c3c2=O)CCCC4)cc1. The first-order valence-corrected chi connectivity index (χ1v) is 10.7. The summed E-state index contributed by atoms with van der Waals surface area (Å²) >= 11 is 1.68. The number of ether oxygens (including phenoxy) is 1. The Morgan fingerprint density at radius 2 is 1.93 bits per heavy atom. The summed E-state index contributed by atoms with van der Waals surface area (Å²) in [7, 11) is 5.32. The highest BCUT2D eigenvalue weighted by atomic mass is 32.1. The van der Waals surface area contributed by atoms with E-state index >= 15 is 0 Å². The van der Waals surface area contributed by atoms with E-state index in [0.717, 1.165) is 40.9 Å². The van der Waals surface area contributed by atoms with E-state index < -0.39 is 0 Å². The molecule has 0 bridgehead atoms. The van der Waals surface area contributed by atoms with Crippen molar-refractivity contribution in [3.8, 4) is 0 Å². The molecule has 4 rings (SSSR count). The second kappa shape index (κ2) is 8.08. The molecule has 0 fully saturated rings. The van der Waals surface area contributed by atoms with Gasteiger partial charge in [-0.1, -0.05) is 12.1 Å². The van der Waals surface area contributed by atoms with Crippen molar-refractivity contribution >= 4 is 27.5 Å². The first-order valence-electron chi connectivity index (χ1n) is 9.84. The molecule has 0 N–H and O–H groups in total. The molecule has 0 aliphatic heterocycles. The lowest BCUT2D eigenvalue weighted by atomic mass is 9.97. The van der Waals surface area contributed by atoms with Crippen LogP contribution in [0.3, 0.4) is 0 Å². The summed E-state index contributed by atoms with van der Waals surface area (Å²) in [4.78, 5) is 34.3. The van der Waals surface area contributed by atoms with Crippen LogP contribution in [-0.2, 0) is 30.7 Å². The molecule has 0 radical (unpaired) electrons. The van der Waals surface area contributed by atoms with Crippen LogP contribution < -0.4 is 5.56 Å². The zero-order chi connectivity index (χ0) is 20.5. The minimum atomic E-state index is -0.366. The minimum absolute atomic E-state index is 0.0447. The van der Waals surface area contributed by atoms with Crippen molar-refractivity contribution < 1.29 is 9.53 Å². The number of carbonyl (C=O) groups excluding carboxylic acids is 1. The number of aromatic nitrogens is 2. The Morgan fingerprint density at radius 1 is 1.21 bits per heavy atom. The van der Waals surface area contributed by atoms with Gasteiger partial charge in [0.25, 0.3) is 5.56 Å². The molecule has 152 valence electrons. The molecule has 0 atom stereocenters. The van der Waals surface area contributed by atoms with Gasteiger partial charge >= 0.3 is 5.97 Å². The predicted molar refractivity (Wildman–Crippen MR) is 115 cm³/mol. The molecule has 7 heteroatoms. The number of aryl methyl sites for hydroxylation is 2. The fraction of sp³-hybridized carbons (Fsp3) is 0.409. The molecule has 0 amide bonds. The fourth-order valence-electron chi connectivity index (χ4n) is 3.89. The number of methoxy groups -OCH3 is 1. The largest absolute Gasteiger partial charge is 0.465 e. The van der Waals surface area contributed by atoms with Gasteiger partial charge in [0.2, 0.25) is 0 Å². The molecule has 3 aromatic rings. The van der Waals surface area contributed by atoms with Gasteiger partial charge in [0.05, 0.1) is 31.1 Å². The van der Waals surface area contributed by atoms with Crippen LogP contribution in [0.25, 0.3) is 10.2 Å². The number of nitrogens with zero attached hydrogens (tertiary/aromatic N) is 3. The molecule has 6 nitrogen and oxygen atoms in total. The lowest BCUT2D eigenvalue weighted by molar-refractivity contribution is 0.0600.